The van der Waals surface area contributed by atoms with Crippen molar-refractivity contribution < 1.29 is 4.57 Å². The van der Waals surface area contributed by atoms with Crippen LogP contribution in [0, 0.1) is 13.8 Å². The molecule has 0 spiro atoms. The first-order valence-corrected chi connectivity index (χ1v) is 12.1. The average molecular weight is 417 g/mol. The second-order valence-corrected chi connectivity index (χ2v) is 10.9. The molecule has 3 aromatic carbocycles. The Labute approximate surface area is 179 Å². The van der Waals surface area contributed by atoms with Crippen molar-refractivity contribution in [2.45, 2.75) is 33.1 Å². The monoisotopic (exact) mass is 416 g/mol. The molecule has 0 aromatic heterocycles. The summed E-state index contributed by atoms with van der Waals surface area (Å²) in [6.45, 7) is 8.57. The van der Waals surface area contributed by atoms with Gasteiger partial charge in [-0.3, -0.25) is 4.57 Å². The summed E-state index contributed by atoms with van der Waals surface area (Å²) in [4.78, 5) is 2.17. The van der Waals surface area contributed by atoms with Crippen LogP contribution in [-0.4, -0.2) is 7.05 Å². The Morgan fingerprint density at radius 3 is 2.23 bits per heavy atom. The SMILES string of the molecule is Cc1ccc(N[P@](=O)(/C=C2/N(C)c3ccccc3C2(C)C)c2ccccc2)cc1C. The molecule has 0 fully saturated rings. The van der Waals surface area contributed by atoms with E-state index in [4.69, 9.17) is 0 Å². The Balaban J connectivity index is 1.85. The van der Waals surface area contributed by atoms with Gasteiger partial charge in [0.2, 0.25) is 7.29 Å². The topological polar surface area (TPSA) is 32.3 Å². The zero-order chi connectivity index (χ0) is 21.5. The summed E-state index contributed by atoms with van der Waals surface area (Å²) >= 11 is 0. The first-order chi connectivity index (χ1) is 14.2. The molecule has 0 saturated heterocycles. The van der Waals surface area contributed by atoms with E-state index >= 15 is 0 Å². The first kappa shape index (κ1) is 20.5. The van der Waals surface area contributed by atoms with Crippen LogP contribution in [-0.2, 0) is 9.98 Å². The van der Waals surface area contributed by atoms with Gasteiger partial charge in [0.1, 0.15) is 0 Å². The summed E-state index contributed by atoms with van der Waals surface area (Å²) in [6.07, 6.45) is 0. The van der Waals surface area contributed by atoms with Crippen LogP contribution in [0.4, 0.5) is 11.4 Å². The molecule has 3 nitrogen and oxygen atoms in total. The summed E-state index contributed by atoms with van der Waals surface area (Å²) in [6, 6.07) is 24.3. The highest BCUT2D eigenvalue weighted by Crippen LogP contribution is 2.54. The van der Waals surface area contributed by atoms with Crippen LogP contribution in [0.3, 0.4) is 0 Å². The number of nitrogens with zero attached hydrogens (tertiary/aromatic N) is 1. The van der Waals surface area contributed by atoms with Crippen LogP contribution in [0.1, 0.15) is 30.5 Å². The van der Waals surface area contributed by atoms with Gasteiger partial charge in [0.15, 0.2) is 0 Å². The van der Waals surface area contributed by atoms with Crippen LogP contribution in [0.25, 0.3) is 0 Å². The van der Waals surface area contributed by atoms with Crippen molar-refractivity contribution in [1.29, 1.82) is 0 Å². The number of aryl methyl sites for hydroxylation is 2. The van der Waals surface area contributed by atoms with Gasteiger partial charge in [-0.05, 0) is 60.9 Å². The van der Waals surface area contributed by atoms with Gasteiger partial charge < -0.3 is 9.99 Å². The van der Waals surface area contributed by atoms with Crippen molar-refractivity contribution in [2.24, 2.45) is 0 Å². The highest BCUT2D eigenvalue weighted by Gasteiger charge is 2.40. The molecule has 0 amide bonds. The van der Waals surface area contributed by atoms with Crippen LogP contribution in [0.15, 0.2) is 84.3 Å². The molecule has 4 heteroatoms. The molecule has 1 N–H and O–H groups in total. The number of benzene rings is 3. The van der Waals surface area contributed by atoms with Gasteiger partial charge in [-0.15, -0.1) is 0 Å². The van der Waals surface area contributed by atoms with Crippen LogP contribution < -0.4 is 15.3 Å². The van der Waals surface area contributed by atoms with Crippen molar-refractivity contribution in [3.63, 3.8) is 0 Å². The molecule has 0 radical (unpaired) electrons. The molecule has 1 aliphatic heterocycles. The molecule has 1 atom stereocenters. The average Bonchev–Trinajstić information content (AvgIpc) is 2.92. The smallest absolute Gasteiger partial charge is 0.221 e. The van der Waals surface area contributed by atoms with Crippen molar-refractivity contribution >= 4 is 24.0 Å². The molecule has 4 rings (SSSR count). The molecular weight excluding hydrogens is 387 g/mol. The number of hydrogen-bond donors (Lipinski definition) is 1. The maximum atomic E-state index is 14.5. The fourth-order valence-corrected chi connectivity index (χ4v) is 6.55. The number of likely N-dealkylation sites (N-methyl/N-ethyl adjacent to an activating group) is 1. The quantitative estimate of drug-likeness (QED) is 0.487. The van der Waals surface area contributed by atoms with Crippen molar-refractivity contribution in [1.82, 2.24) is 0 Å². The van der Waals surface area contributed by atoms with Gasteiger partial charge in [0.05, 0.1) is 0 Å². The minimum Gasteiger partial charge on any atom is -0.347 e. The minimum absolute atomic E-state index is 0.235. The van der Waals surface area contributed by atoms with Gasteiger partial charge in [0, 0.05) is 40.7 Å². The van der Waals surface area contributed by atoms with E-state index in [1.54, 1.807) is 0 Å². The number of rotatable bonds is 4. The zero-order valence-corrected chi connectivity index (χ0v) is 19.2. The molecule has 1 aliphatic rings. The zero-order valence-electron chi connectivity index (χ0n) is 18.3. The largest absolute Gasteiger partial charge is 0.347 e. The number of fused-ring (bicyclic) bond motifs is 1. The highest BCUT2D eigenvalue weighted by atomic mass is 31.2. The number of hydrogen-bond acceptors (Lipinski definition) is 2. The van der Waals surface area contributed by atoms with E-state index in [9.17, 15) is 4.57 Å². The van der Waals surface area contributed by atoms with Gasteiger partial charge in [-0.2, -0.15) is 0 Å². The molecule has 0 aliphatic carbocycles. The van der Waals surface area contributed by atoms with E-state index in [0.717, 1.165) is 16.7 Å². The standard InChI is InChI=1S/C26H29N2OP/c1-19-15-16-21(17-20(19)2)27-30(29,22-11-7-6-8-12-22)18-25-26(3,4)23-13-9-10-14-24(23)28(25)5/h6-18H,1-5H3,(H,27,29)/b25-18+/t30-/m0/s1. The van der Waals surface area contributed by atoms with Gasteiger partial charge in [-0.25, -0.2) is 0 Å². The summed E-state index contributed by atoms with van der Waals surface area (Å²) in [5, 5.41) is 4.21. The third-order valence-corrected chi connectivity index (χ3v) is 8.45. The Morgan fingerprint density at radius 2 is 1.57 bits per heavy atom. The molecule has 0 bridgehead atoms. The number of allylic oxidation sites excluding steroid dienone is 1. The van der Waals surface area contributed by atoms with E-state index in [1.165, 1.54) is 22.4 Å². The van der Waals surface area contributed by atoms with Gasteiger partial charge >= 0.3 is 0 Å². The highest BCUT2D eigenvalue weighted by molar-refractivity contribution is 7.75. The van der Waals surface area contributed by atoms with E-state index < -0.39 is 7.29 Å². The Kier molecular flexibility index (Phi) is 5.11. The van der Waals surface area contributed by atoms with E-state index in [-0.39, 0.29) is 5.41 Å². The molecule has 154 valence electrons. The van der Waals surface area contributed by atoms with Crippen molar-refractivity contribution in [3.8, 4) is 0 Å². The van der Waals surface area contributed by atoms with E-state index in [2.05, 4.69) is 81.1 Å². The lowest BCUT2D eigenvalue weighted by Gasteiger charge is -2.27. The fraction of sp³-hybridized carbons (Fsp3) is 0.231. The lowest BCUT2D eigenvalue weighted by atomic mass is 9.84. The normalized spacial score (nSPS) is 18.2. The minimum atomic E-state index is -3.08. The molecular formula is C26H29N2OP. The second-order valence-electron chi connectivity index (χ2n) is 8.62. The summed E-state index contributed by atoms with van der Waals surface area (Å²) in [5.41, 5.74) is 6.51. The number of nitrogens with one attached hydrogen (secondary N) is 1. The van der Waals surface area contributed by atoms with Crippen molar-refractivity contribution in [3.05, 3.63) is 101 Å². The fourth-order valence-electron chi connectivity index (χ4n) is 4.23. The lowest BCUT2D eigenvalue weighted by Crippen LogP contribution is -2.24. The number of para-hydroxylation sites is 1. The number of anilines is 2. The predicted octanol–water partition coefficient (Wildman–Crippen LogP) is 6.59. The third kappa shape index (κ3) is 3.48. The lowest BCUT2D eigenvalue weighted by molar-refractivity contribution is 0.587. The molecule has 3 aromatic rings. The van der Waals surface area contributed by atoms with Gasteiger partial charge in [0.25, 0.3) is 0 Å². The van der Waals surface area contributed by atoms with Crippen LogP contribution in [0.5, 0.6) is 0 Å². The van der Waals surface area contributed by atoms with Gasteiger partial charge in [-0.1, -0.05) is 56.3 Å². The molecule has 0 saturated carbocycles. The van der Waals surface area contributed by atoms with E-state index in [1.807, 2.05) is 42.2 Å². The maximum absolute atomic E-state index is 14.5. The Hall–Kier alpha value is -2.77. The second kappa shape index (κ2) is 7.49. The van der Waals surface area contributed by atoms with Crippen LogP contribution in [0.2, 0.25) is 0 Å². The van der Waals surface area contributed by atoms with Crippen molar-refractivity contribution in [2.75, 3.05) is 17.0 Å². The molecule has 30 heavy (non-hydrogen) atoms. The first-order valence-electron chi connectivity index (χ1n) is 10.3. The third-order valence-electron chi connectivity index (χ3n) is 6.19. The summed E-state index contributed by atoms with van der Waals surface area (Å²) < 4.78 is 14.5. The molecule has 1 heterocycles. The molecule has 0 unspecified atom stereocenters. The van der Waals surface area contributed by atoms with Crippen LogP contribution >= 0.6 is 7.29 Å². The summed E-state index contributed by atoms with van der Waals surface area (Å²) in [7, 11) is -1.02. The maximum Gasteiger partial charge on any atom is 0.221 e. The Bertz CT molecular complexity index is 1160. The Morgan fingerprint density at radius 1 is 0.900 bits per heavy atom. The van der Waals surface area contributed by atoms with E-state index in [0.29, 0.717) is 0 Å². The predicted molar refractivity (Wildman–Crippen MR) is 129 cm³/mol. The summed E-state index contributed by atoms with van der Waals surface area (Å²) in [5.74, 6) is 1.97.